The standard InChI is InChI=1S/C14H27N5/c1-9(2)8-19(11(5)6)13-7-12(18-15)16-14(17-13)10(3)4/h7,9-11H,8,15H2,1-6H3,(H,16,17,18). The lowest BCUT2D eigenvalue weighted by Gasteiger charge is -2.30. The SMILES string of the molecule is CC(C)CN(c1cc(NN)nc(C(C)C)n1)C(C)C. The van der Waals surface area contributed by atoms with Crippen LogP contribution >= 0.6 is 0 Å². The predicted octanol–water partition coefficient (Wildman–Crippen LogP) is 2.76. The van der Waals surface area contributed by atoms with E-state index in [2.05, 4.69) is 61.8 Å². The molecule has 0 aromatic carbocycles. The van der Waals surface area contributed by atoms with Gasteiger partial charge in [-0.3, -0.25) is 0 Å². The third-order valence-electron chi connectivity index (χ3n) is 2.87. The summed E-state index contributed by atoms with van der Waals surface area (Å²) < 4.78 is 0. The Balaban J connectivity index is 3.17. The third-order valence-corrected chi connectivity index (χ3v) is 2.87. The summed E-state index contributed by atoms with van der Waals surface area (Å²) >= 11 is 0. The largest absolute Gasteiger partial charge is 0.354 e. The van der Waals surface area contributed by atoms with E-state index in [1.807, 2.05) is 6.07 Å². The number of nitrogen functional groups attached to an aromatic ring is 1. The lowest BCUT2D eigenvalue weighted by Crippen LogP contribution is -2.35. The van der Waals surface area contributed by atoms with Crippen molar-refractivity contribution in [3.8, 4) is 0 Å². The van der Waals surface area contributed by atoms with Gasteiger partial charge < -0.3 is 10.3 Å². The maximum atomic E-state index is 5.51. The minimum atomic E-state index is 0.278. The first kappa shape index (κ1) is 15.7. The van der Waals surface area contributed by atoms with Gasteiger partial charge in [0.2, 0.25) is 0 Å². The number of nitrogens with two attached hydrogens (primary N) is 1. The van der Waals surface area contributed by atoms with Crippen molar-refractivity contribution in [3.63, 3.8) is 0 Å². The van der Waals surface area contributed by atoms with Crippen molar-refractivity contribution < 1.29 is 0 Å². The molecule has 0 aliphatic heterocycles. The van der Waals surface area contributed by atoms with Gasteiger partial charge >= 0.3 is 0 Å². The Hall–Kier alpha value is -1.36. The molecule has 1 aromatic rings. The van der Waals surface area contributed by atoms with Gasteiger partial charge in [-0.25, -0.2) is 15.8 Å². The van der Waals surface area contributed by atoms with Crippen LogP contribution in [0.4, 0.5) is 11.6 Å². The van der Waals surface area contributed by atoms with Crippen molar-refractivity contribution in [2.24, 2.45) is 11.8 Å². The van der Waals surface area contributed by atoms with Crippen LogP contribution in [0.5, 0.6) is 0 Å². The van der Waals surface area contributed by atoms with Crippen molar-refractivity contribution in [2.45, 2.75) is 53.5 Å². The predicted molar refractivity (Wildman–Crippen MR) is 81.3 cm³/mol. The highest BCUT2D eigenvalue weighted by Crippen LogP contribution is 2.22. The van der Waals surface area contributed by atoms with Crippen LogP contribution < -0.4 is 16.2 Å². The molecule has 0 atom stereocenters. The summed E-state index contributed by atoms with van der Waals surface area (Å²) in [4.78, 5) is 11.4. The molecule has 1 heterocycles. The average molecular weight is 265 g/mol. The molecule has 1 aromatic heterocycles. The molecule has 0 amide bonds. The smallest absolute Gasteiger partial charge is 0.145 e. The van der Waals surface area contributed by atoms with Gasteiger partial charge in [-0.05, 0) is 19.8 Å². The first-order valence-corrected chi connectivity index (χ1v) is 6.97. The van der Waals surface area contributed by atoms with Gasteiger partial charge in [0.05, 0.1) is 0 Å². The van der Waals surface area contributed by atoms with Gasteiger partial charge in [-0.15, -0.1) is 0 Å². The molecule has 0 unspecified atom stereocenters. The van der Waals surface area contributed by atoms with E-state index in [4.69, 9.17) is 5.84 Å². The Bertz CT molecular complexity index is 401. The molecule has 0 saturated heterocycles. The molecule has 108 valence electrons. The van der Waals surface area contributed by atoms with Gasteiger partial charge in [0.15, 0.2) is 0 Å². The van der Waals surface area contributed by atoms with Crippen LogP contribution in [0.3, 0.4) is 0 Å². The molecular weight excluding hydrogens is 238 g/mol. The zero-order valence-electron chi connectivity index (χ0n) is 12.9. The van der Waals surface area contributed by atoms with E-state index < -0.39 is 0 Å². The molecule has 5 nitrogen and oxygen atoms in total. The normalized spacial score (nSPS) is 11.5. The fourth-order valence-corrected chi connectivity index (χ4v) is 1.89. The van der Waals surface area contributed by atoms with Crippen LogP contribution in [0.2, 0.25) is 0 Å². The number of anilines is 2. The van der Waals surface area contributed by atoms with Crippen LogP contribution in [0, 0.1) is 5.92 Å². The fourth-order valence-electron chi connectivity index (χ4n) is 1.89. The van der Waals surface area contributed by atoms with E-state index in [9.17, 15) is 0 Å². The number of nitrogens with one attached hydrogen (secondary N) is 1. The highest BCUT2D eigenvalue weighted by atomic mass is 15.3. The monoisotopic (exact) mass is 265 g/mol. The van der Waals surface area contributed by atoms with Crippen LogP contribution in [0.15, 0.2) is 6.07 Å². The van der Waals surface area contributed by atoms with Crippen molar-refractivity contribution in [2.75, 3.05) is 16.9 Å². The molecule has 0 aliphatic carbocycles. The number of hydrazine groups is 1. The first-order valence-electron chi connectivity index (χ1n) is 6.97. The summed E-state index contributed by atoms with van der Waals surface area (Å²) in [6, 6.07) is 2.30. The number of aromatic nitrogens is 2. The molecule has 5 heteroatoms. The van der Waals surface area contributed by atoms with Gasteiger partial charge in [-0.1, -0.05) is 27.7 Å². The van der Waals surface area contributed by atoms with Crippen LogP contribution in [0.25, 0.3) is 0 Å². The van der Waals surface area contributed by atoms with Crippen molar-refractivity contribution in [1.82, 2.24) is 9.97 Å². The summed E-state index contributed by atoms with van der Waals surface area (Å²) in [7, 11) is 0. The van der Waals surface area contributed by atoms with Crippen molar-refractivity contribution in [1.29, 1.82) is 0 Å². The molecule has 0 saturated carbocycles. The number of hydrogen-bond acceptors (Lipinski definition) is 5. The molecule has 0 aliphatic rings. The third kappa shape index (κ3) is 4.35. The minimum absolute atomic E-state index is 0.278. The Morgan fingerprint density at radius 1 is 1.16 bits per heavy atom. The van der Waals surface area contributed by atoms with Gasteiger partial charge in [0.25, 0.3) is 0 Å². The molecule has 0 fully saturated rings. The van der Waals surface area contributed by atoms with E-state index in [0.29, 0.717) is 17.8 Å². The summed E-state index contributed by atoms with van der Waals surface area (Å²) in [5.41, 5.74) is 2.63. The summed E-state index contributed by atoms with van der Waals surface area (Å²) in [5.74, 6) is 8.79. The van der Waals surface area contributed by atoms with Crippen molar-refractivity contribution in [3.05, 3.63) is 11.9 Å². The highest BCUT2D eigenvalue weighted by molar-refractivity contribution is 5.49. The average Bonchev–Trinajstić information content (AvgIpc) is 2.34. The van der Waals surface area contributed by atoms with Crippen LogP contribution in [-0.2, 0) is 0 Å². The second kappa shape index (κ2) is 6.70. The minimum Gasteiger partial charge on any atom is -0.354 e. The molecule has 0 spiro atoms. The lowest BCUT2D eigenvalue weighted by atomic mass is 10.1. The maximum absolute atomic E-state index is 5.51. The molecule has 19 heavy (non-hydrogen) atoms. The van der Waals surface area contributed by atoms with Crippen molar-refractivity contribution >= 4 is 11.6 Å². The fraction of sp³-hybridized carbons (Fsp3) is 0.714. The maximum Gasteiger partial charge on any atom is 0.145 e. The highest BCUT2D eigenvalue weighted by Gasteiger charge is 2.16. The quantitative estimate of drug-likeness (QED) is 0.611. The Labute approximate surface area is 116 Å². The molecular formula is C14H27N5. The first-order chi connectivity index (χ1) is 8.85. The van der Waals surface area contributed by atoms with E-state index in [1.165, 1.54) is 0 Å². The van der Waals surface area contributed by atoms with E-state index in [1.54, 1.807) is 0 Å². The molecule has 3 N–H and O–H groups in total. The summed E-state index contributed by atoms with van der Waals surface area (Å²) in [5, 5.41) is 0. The van der Waals surface area contributed by atoms with Gasteiger partial charge in [0.1, 0.15) is 17.5 Å². The lowest BCUT2D eigenvalue weighted by molar-refractivity contribution is 0.563. The number of nitrogens with zero attached hydrogens (tertiary/aromatic N) is 3. The Morgan fingerprint density at radius 3 is 2.21 bits per heavy atom. The van der Waals surface area contributed by atoms with Gasteiger partial charge in [-0.2, -0.15) is 0 Å². The van der Waals surface area contributed by atoms with E-state index >= 15 is 0 Å². The summed E-state index contributed by atoms with van der Waals surface area (Å²) in [6.07, 6.45) is 0. The number of hydrogen-bond donors (Lipinski definition) is 2. The second-order valence-electron chi connectivity index (χ2n) is 5.91. The van der Waals surface area contributed by atoms with E-state index in [-0.39, 0.29) is 5.92 Å². The van der Waals surface area contributed by atoms with Crippen LogP contribution in [0.1, 0.15) is 53.3 Å². The second-order valence-corrected chi connectivity index (χ2v) is 5.91. The topological polar surface area (TPSA) is 67.1 Å². The van der Waals surface area contributed by atoms with Crippen LogP contribution in [-0.4, -0.2) is 22.6 Å². The number of rotatable bonds is 6. The van der Waals surface area contributed by atoms with E-state index in [0.717, 1.165) is 18.2 Å². The molecule has 0 radical (unpaired) electrons. The Kier molecular flexibility index (Phi) is 5.54. The molecule has 0 bridgehead atoms. The zero-order chi connectivity index (χ0) is 14.6. The Morgan fingerprint density at radius 2 is 1.79 bits per heavy atom. The molecule has 1 rings (SSSR count). The summed E-state index contributed by atoms with van der Waals surface area (Å²) in [6.45, 7) is 13.9. The zero-order valence-corrected chi connectivity index (χ0v) is 12.9. The van der Waals surface area contributed by atoms with Gasteiger partial charge in [0, 0.05) is 24.6 Å².